The number of carbonyl (C=O) groups is 1. The molecule has 0 saturated heterocycles. The van der Waals surface area contributed by atoms with Crippen LogP contribution in [0.25, 0.3) is 0 Å². The number of aliphatic hydroxyl groups excluding tert-OH is 1. The summed E-state index contributed by atoms with van der Waals surface area (Å²) in [5.74, 6) is -0.253. The van der Waals surface area contributed by atoms with Gasteiger partial charge in [0.1, 0.15) is 13.2 Å². The Balaban J connectivity index is 3.96. The lowest BCUT2D eigenvalue weighted by atomic mass is 10.0. The van der Waals surface area contributed by atoms with E-state index < -0.39 is 20.0 Å². The van der Waals surface area contributed by atoms with Crippen molar-refractivity contribution in [1.29, 1.82) is 0 Å². The van der Waals surface area contributed by atoms with E-state index in [2.05, 4.69) is 12.2 Å². The summed E-state index contributed by atoms with van der Waals surface area (Å²) < 4.78 is 22.6. The quantitative estimate of drug-likeness (QED) is 0.0624. The van der Waals surface area contributed by atoms with Gasteiger partial charge in [0.05, 0.1) is 39.9 Å². The Morgan fingerprint density at radius 2 is 1.23 bits per heavy atom. The number of nitrogens with one attached hydrogen (secondary N) is 1. The number of quaternary nitrogens is 1. The fourth-order valence-electron chi connectivity index (χ4n) is 4.47. The van der Waals surface area contributed by atoms with Gasteiger partial charge in [0, 0.05) is 6.42 Å². The Hall–Kier alpha value is -0.500. The first-order chi connectivity index (χ1) is 18.5. The molecule has 0 aromatic carbocycles. The zero-order valence-electron chi connectivity index (χ0n) is 26.1. The Kier molecular flexibility index (Phi) is 23.8. The van der Waals surface area contributed by atoms with Crippen LogP contribution in [0.3, 0.4) is 0 Å². The number of aliphatic hydroxyl groups is 1. The van der Waals surface area contributed by atoms with Crippen LogP contribution < -0.4 is 10.2 Å². The van der Waals surface area contributed by atoms with Crippen molar-refractivity contribution in [3.05, 3.63) is 0 Å². The van der Waals surface area contributed by atoms with Gasteiger partial charge in [0.15, 0.2) is 0 Å². The summed E-state index contributed by atoms with van der Waals surface area (Å²) in [6, 6.07) is -0.789. The average Bonchev–Trinajstić information content (AvgIpc) is 2.87. The predicted molar refractivity (Wildman–Crippen MR) is 159 cm³/mol. The highest BCUT2D eigenvalue weighted by Gasteiger charge is 2.24. The summed E-state index contributed by atoms with van der Waals surface area (Å²) in [5, 5.41) is 13.3. The molecule has 8 nitrogen and oxygen atoms in total. The third-order valence-electron chi connectivity index (χ3n) is 7.16. The van der Waals surface area contributed by atoms with E-state index in [1.165, 1.54) is 89.9 Å². The highest BCUT2D eigenvalue weighted by Crippen LogP contribution is 2.38. The summed E-state index contributed by atoms with van der Waals surface area (Å²) in [7, 11) is 1.30. The van der Waals surface area contributed by atoms with Crippen LogP contribution in [0.2, 0.25) is 0 Å². The Labute approximate surface area is 240 Å². The van der Waals surface area contributed by atoms with Gasteiger partial charge in [-0.15, -0.1) is 0 Å². The van der Waals surface area contributed by atoms with Gasteiger partial charge in [0.2, 0.25) is 5.91 Å². The van der Waals surface area contributed by atoms with E-state index in [1.54, 1.807) is 6.92 Å². The van der Waals surface area contributed by atoms with Crippen molar-refractivity contribution in [3.8, 4) is 0 Å². The van der Waals surface area contributed by atoms with Crippen LogP contribution in [0.5, 0.6) is 0 Å². The van der Waals surface area contributed by atoms with Crippen LogP contribution in [0.4, 0.5) is 0 Å². The van der Waals surface area contributed by atoms with E-state index in [0.717, 1.165) is 19.3 Å². The minimum atomic E-state index is -4.51. The number of amides is 1. The van der Waals surface area contributed by atoms with Crippen molar-refractivity contribution in [1.82, 2.24) is 5.32 Å². The van der Waals surface area contributed by atoms with Crippen LogP contribution in [0.1, 0.15) is 136 Å². The van der Waals surface area contributed by atoms with Gasteiger partial charge in [-0.25, -0.2) is 0 Å². The van der Waals surface area contributed by atoms with Gasteiger partial charge < -0.3 is 28.8 Å². The number of nitrogens with zero attached hydrogens (tertiary/aromatic N) is 1. The summed E-state index contributed by atoms with van der Waals surface area (Å²) in [6.45, 7) is 4.16. The average molecular weight is 579 g/mol. The van der Waals surface area contributed by atoms with E-state index in [9.17, 15) is 19.4 Å². The van der Waals surface area contributed by atoms with Crippen LogP contribution in [-0.4, -0.2) is 68.5 Å². The number of phosphoric acid groups is 1. The molecule has 0 aliphatic rings. The van der Waals surface area contributed by atoms with E-state index in [0.29, 0.717) is 17.4 Å². The topological polar surface area (TPSA) is 108 Å². The van der Waals surface area contributed by atoms with Gasteiger partial charge in [-0.3, -0.25) is 9.36 Å². The zero-order chi connectivity index (χ0) is 29.4. The zero-order valence-corrected chi connectivity index (χ0v) is 27.0. The molecule has 0 aliphatic carbocycles. The number of hydrogen-bond donors (Lipinski definition) is 2. The number of unbranched alkanes of at least 4 members (excludes halogenated alkanes) is 16. The van der Waals surface area contributed by atoms with Gasteiger partial charge in [-0.1, -0.05) is 123 Å². The molecule has 3 atom stereocenters. The number of hydrogen-bond acceptors (Lipinski definition) is 6. The van der Waals surface area contributed by atoms with Crippen LogP contribution in [-0.2, 0) is 18.4 Å². The molecule has 0 heterocycles. The summed E-state index contributed by atoms with van der Waals surface area (Å²) in [5.41, 5.74) is 0. The SMILES string of the molecule is CCCCCCCCCCCCCCCCCCCC(O)C(COP(=O)([O-])OCC[N+](C)(C)C)NC(=O)CC. The molecule has 0 aromatic rings. The van der Waals surface area contributed by atoms with E-state index in [1.807, 2.05) is 21.1 Å². The van der Waals surface area contributed by atoms with Gasteiger partial charge in [-0.2, -0.15) is 0 Å². The maximum absolute atomic E-state index is 12.1. The maximum atomic E-state index is 12.1. The highest BCUT2D eigenvalue weighted by atomic mass is 31.2. The third kappa shape index (κ3) is 26.2. The molecule has 1 amide bonds. The second-order valence-corrected chi connectivity index (χ2v) is 13.5. The Morgan fingerprint density at radius 1 is 0.795 bits per heavy atom. The van der Waals surface area contributed by atoms with Crippen molar-refractivity contribution in [2.45, 2.75) is 148 Å². The van der Waals surface area contributed by atoms with Crippen molar-refractivity contribution < 1.29 is 32.9 Å². The highest BCUT2D eigenvalue weighted by molar-refractivity contribution is 7.45. The number of rotatable bonds is 28. The monoisotopic (exact) mass is 578 g/mol. The third-order valence-corrected chi connectivity index (χ3v) is 8.12. The van der Waals surface area contributed by atoms with Crippen molar-refractivity contribution >= 4 is 13.7 Å². The second kappa shape index (κ2) is 24.1. The number of likely N-dealkylation sites (N-methyl/N-ethyl adjacent to an activating group) is 1. The summed E-state index contributed by atoms with van der Waals surface area (Å²) >= 11 is 0. The van der Waals surface area contributed by atoms with Crippen molar-refractivity contribution in [2.24, 2.45) is 0 Å². The fraction of sp³-hybridized carbons (Fsp3) is 0.967. The molecule has 2 N–H and O–H groups in total. The lowest BCUT2D eigenvalue weighted by Crippen LogP contribution is -2.46. The molecule has 0 saturated carbocycles. The molecule has 39 heavy (non-hydrogen) atoms. The van der Waals surface area contributed by atoms with Gasteiger partial charge >= 0.3 is 0 Å². The van der Waals surface area contributed by atoms with Crippen LogP contribution in [0.15, 0.2) is 0 Å². The lowest BCUT2D eigenvalue weighted by Gasteiger charge is -2.30. The minimum absolute atomic E-state index is 0.0120. The summed E-state index contributed by atoms with van der Waals surface area (Å²) in [6.07, 6.45) is 21.8. The summed E-state index contributed by atoms with van der Waals surface area (Å²) in [4.78, 5) is 24.0. The lowest BCUT2D eigenvalue weighted by molar-refractivity contribution is -0.870. The first-order valence-corrected chi connectivity index (χ1v) is 17.3. The molecule has 0 radical (unpaired) electrons. The molecular weight excluding hydrogens is 515 g/mol. The normalized spacial score (nSPS) is 15.2. The molecular formula is C30H63N2O6P. The van der Waals surface area contributed by atoms with Crippen LogP contribution in [0, 0.1) is 0 Å². The smallest absolute Gasteiger partial charge is 0.268 e. The molecule has 0 bridgehead atoms. The van der Waals surface area contributed by atoms with Gasteiger partial charge in [-0.05, 0) is 6.42 Å². The predicted octanol–water partition coefficient (Wildman–Crippen LogP) is 6.49. The van der Waals surface area contributed by atoms with E-state index >= 15 is 0 Å². The van der Waals surface area contributed by atoms with Crippen molar-refractivity contribution in [2.75, 3.05) is 40.9 Å². The van der Waals surface area contributed by atoms with Gasteiger partial charge in [0.25, 0.3) is 7.82 Å². The Morgan fingerprint density at radius 3 is 1.64 bits per heavy atom. The molecule has 234 valence electrons. The molecule has 0 spiro atoms. The molecule has 0 aromatic heterocycles. The molecule has 0 fully saturated rings. The maximum Gasteiger partial charge on any atom is 0.268 e. The largest absolute Gasteiger partial charge is 0.756 e. The fourth-order valence-corrected chi connectivity index (χ4v) is 5.20. The first-order valence-electron chi connectivity index (χ1n) is 15.9. The number of carbonyl (C=O) groups excluding carboxylic acids is 1. The minimum Gasteiger partial charge on any atom is -0.756 e. The molecule has 3 unspecified atom stereocenters. The first kappa shape index (κ1) is 38.5. The second-order valence-electron chi connectivity index (χ2n) is 12.1. The van der Waals surface area contributed by atoms with E-state index in [4.69, 9.17) is 9.05 Å². The molecule has 0 aliphatic heterocycles. The Bertz CT molecular complexity index is 629. The standard InChI is InChI=1S/C30H63N2O6P/c1-6-8-9-10-11-12-13-14-15-16-17-18-19-20-21-22-23-24-29(33)28(31-30(34)7-2)27-38-39(35,36)37-26-25-32(3,4)5/h28-29,33H,6-27H2,1-5H3,(H-,31,34,35,36). The van der Waals surface area contributed by atoms with Crippen LogP contribution >= 0.6 is 7.82 Å². The molecule has 0 rings (SSSR count). The van der Waals surface area contributed by atoms with Crippen molar-refractivity contribution in [3.63, 3.8) is 0 Å². The number of phosphoric ester groups is 1. The van der Waals surface area contributed by atoms with E-state index in [-0.39, 0.29) is 25.5 Å². The molecule has 9 heteroatoms.